The lowest BCUT2D eigenvalue weighted by molar-refractivity contribution is 0.636. The Bertz CT molecular complexity index is 312. The first-order chi connectivity index (χ1) is 7.17. The van der Waals surface area contributed by atoms with E-state index in [0.29, 0.717) is 6.54 Å². The van der Waals surface area contributed by atoms with Gasteiger partial charge in [0.15, 0.2) is 0 Å². The summed E-state index contributed by atoms with van der Waals surface area (Å²) < 4.78 is 0. The van der Waals surface area contributed by atoms with Crippen LogP contribution in [0.4, 0.5) is 0 Å². The summed E-state index contributed by atoms with van der Waals surface area (Å²) in [5, 5.41) is 1.15. The zero-order valence-corrected chi connectivity index (χ0v) is 10.6. The first-order valence-electron chi connectivity index (χ1n) is 5.45. The van der Waals surface area contributed by atoms with Gasteiger partial charge in [0, 0.05) is 18.5 Å². The van der Waals surface area contributed by atoms with E-state index in [0.717, 1.165) is 22.3 Å². The lowest BCUT2D eigenvalue weighted by Crippen LogP contribution is -2.00. The van der Waals surface area contributed by atoms with E-state index < -0.39 is 0 Å². The van der Waals surface area contributed by atoms with Crippen LogP contribution in [0.3, 0.4) is 0 Å². The molecule has 2 N–H and O–H groups in total. The van der Waals surface area contributed by atoms with Crippen molar-refractivity contribution < 1.29 is 0 Å². The normalized spacial score (nSPS) is 12.8. The van der Waals surface area contributed by atoms with Crippen molar-refractivity contribution in [2.45, 2.75) is 38.8 Å². The van der Waals surface area contributed by atoms with Gasteiger partial charge < -0.3 is 5.73 Å². The van der Waals surface area contributed by atoms with Crippen LogP contribution in [0, 0.1) is 12.8 Å². The second kappa shape index (κ2) is 6.13. The predicted octanol–water partition coefficient (Wildman–Crippen LogP) is 2.99. The standard InChI is InChI=1S/C12H20N2S/c1-4-9(2)8-15-12-10(3)5-11(6-13)7-14-12/h5,7,9H,4,6,8,13H2,1-3H3. The fourth-order valence-electron chi connectivity index (χ4n) is 1.22. The van der Waals surface area contributed by atoms with Gasteiger partial charge in [-0.2, -0.15) is 0 Å². The minimum atomic E-state index is 0.574. The number of nitrogens with two attached hydrogens (primary N) is 1. The first-order valence-corrected chi connectivity index (χ1v) is 6.44. The molecule has 0 aliphatic carbocycles. The number of rotatable bonds is 5. The molecule has 2 nitrogen and oxygen atoms in total. The van der Waals surface area contributed by atoms with Gasteiger partial charge in [0.2, 0.25) is 0 Å². The third-order valence-corrected chi connectivity index (χ3v) is 3.96. The van der Waals surface area contributed by atoms with Crippen LogP contribution >= 0.6 is 11.8 Å². The third-order valence-electron chi connectivity index (χ3n) is 2.52. The number of pyridine rings is 1. The molecule has 1 aromatic rings. The van der Waals surface area contributed by atoms with Gasteiger partial charge >= 0.3 is 0 Å². The van der Waals surface area contributed by atoms with E-state index in [1.165, 1.54) is 12.0 Å². The Morgan fingerprint density at radius 1 is 1.53 bits per heavy atom. The highest BCUT2D eigenvalue weighted by Crippen LogP contribution is 2.23. The van der Waals surface area contributed by atoms with Gasteiger partial charge in [-0.1, -0.05) is 26.3 Å². The zero-order valence-electron chi connectivity index (χ0n) is 9.79. The molecule has 1 aromatic heterocycles. The van der Waals surface area contributed by atoms with Gasteiger partial charge in [0.1, 0.15) is 0 Å². The molecule has 84 valence electrons. The third kappa shape index (κ3) is 3.84. The minimum Gasteiger partial charge on any atom is -0.326 e. The molecule has 1 unspecified atom stereocenters. The van der Waals surface area contributed by atoms with Crippen molar-refractivity contribution >= 4 is 11.8 Å². The quantitative estimate of drug-likeness (QED) is 0.781. The largest absolute Gasteiger partial charge is 0.326 e. The molecule has 0 aromatic carbocycles. The SMILES string of the molecule is CCC(C)CSc1ncc(CN)cc1C. The average Bonchev–Trinajstić information content (AvgIpc) is 2.26. The molecule has 3 heteroatoms. The first kappa shape index (κ1) is 12.5. The second-order valence-corrected chi connectivity index (χ2v) is 5.00. The molecule has 0 fully saturated rings. The van der Waals surface area contributed by atoms with Crippen molar-refractivity contribution in [1.82, 2.24) is 4.98 Å². The van der Waals surface area contributed by atoms with Gasteiger partial charge in [-0.05, 0) is 24.0 Å². The molecule has 1 heterocycles. The zero-order chi connectivity index (χ0) is 11.3. The van der Waals surface area contributed by atoms with E-state index in [-0.39, 0.29) is 0 Å². The Morgan fingerprint density at radius 2 is 2.27 bits per heavy atom. The van der Waals surface area contributed by atoms with Crippen molar-refractivity contribution in [3.8, 4) is 0 Å². The molecule has 1 atom stereocenters. The van der Waals surface area contributed by atoms with E-state index in [2.05, 4.69) is 31.8 Å². The number of aryl methyl sites for hydroxylation is 1. The summed E-state index contributed by atoms with van der Waals surface area (Å²) in [6, 6.07) is 2.13. The number of nitrogens with zero attached hydrogens (tertiary/aromatic N) is 1. The van der Waals surface area contributed by atoms with Gasteiger partial charge in [-0.3, -0.25) is 0 Å². The van der Waals surface area contributed by atoms with Crippen LogP contribution < -0.4 is 5.73 Å². The lowest BCUT2D eigenvalue weighted by atomic mass is 10.2. The molecule has 0 saturated carbocycles. The fourth-order valence-corrected chi connectivity index (χ4v) is 2.31. The lowest BCUT2D eigenvalue weighted by Gasteiger charge is -2.09. The van der Waals surface area contributed by atoms with E-state index in [9.17, 15) is 0 Å². The minimum absolute atomic E-state index is 0.574. The van der Waals surface area contributed by atoms with Crippen molar-refractivity contribution in [3.05, 3.63) is 23.4 Å². The van der Waals surface area contributed by atoms with E-state index in [4.69, 9.17) is 5.73 Å². The summed E-state index contributed by atoms with van der Waals surface area (Å²) >= 11 is 1.85. The molecule has 0 spiro atoms. The molecule has 15 heavy (non-hydrogen) atoms. The molecule has 0 amide bonds. The Balaban J connectivity index is 2.62. The second-order valence-electron chi connectivity index (χ2n) is 3.99. The molecule has 0 aliphatic rings. The van der Waals surface area contributed by atoms with Crippen LogP contribution in [0.1, 0.15) is 31.4 Å². The molecule has 0 aliphatic heterocycles. The molecular formula is C12H20N2S. The number of aromatic nitrogens is 1. The molecule has 0 bridgehead atoms. The van der Waals surface area contributed by atoms with Gasteiger partial charge in [-0.25, -0.2) is 4.98 Å². The van der Waals surface area contributed by atoms with Crippen LogP contribution in [-0.2, 0) is 6.54 Å². The van der Waals surface area contributed by atoms with Gasteiger partial charge in [0.05, 0.1) is 5.03 Å². The van der Waals surface area contributed by atoms with Gasteiger partial charge in [0.25, 0.3) is 0 Å². The predicted molar refractivity (Wildman–Crippen MR) is 67.0 cm³/mol. The van der Waals surface area contributed by atoms with Crippen molar-refractivity contribution in [2.75, 3.05) is 5.75 Å². The smallest absolute Gasteiger partial charge is 0.0989 e. The van der Waals surface area contributed by atoms with Gasteiger partial charge in [-0.15, -0.1) is 11.8 Å². The summed E-state index contributed by atoms with van der Waals surface area (Å²) in [7, 11) is 0. The van der Waals surface area contributed by atoms with Crippen LogP contribution in [0.15, 0.2) is 17.3 Å². The summed E-state index contributed by atoms with van der Waals surface area (Å²) in [5.41, 5.74) is 7.92. The Kier molecular flexibility index (Phi) is 5.12. The summed E-state index contributed by atoms with van der Waals surface area (Å²) in [4.78, 5) is 4.44. The number of hydrogen-bond donors (Lipinski definition) is 1. The Labute approximate surface area is 96.7 Å². The number of thioether (sulfide) groups is 1. The van der Waals surface area contributed by atoms with Crippen LogP contribution in [-0.4, -0.2) is 10.7 Å². The monoisotopic (exact) mass is 224 g/mol. The highest BCUT2D eigenvalue weighted by atomic mass is 32.2. The van der Waals surface area contributed by atoms with Crippen LogP contribution in [0.5, 0.6) is 0 Å². The molecule has 1 rings (SSSR count). The van der Waals surface area contributed by atoms with E-state index in [1.807, 2.05) is 18.0 Å². The highest BCUT2D eigenvalue weighted by Gasteiger charge is 2.04. The Morgan fingerprint density at radius 3 is 2.80 bits per heavy atom. The maximum absolute atomic E-state index is 5.57. The van der Waals surface area contributed by atoms with E-state index in [1.54, 1.807) is 0 Å². The maximum atomic E-state index is 5.57. The fraction of sp³-hybridized carbons (Fsp3) is 0.583. The molecule has 0 radical (unpaired) electrons. The van der Waals surface area contributed by atoms with Crippen LogP contribution in [0.2, 0.25) is 0 Å². The van der Waals surface area contributed by atoms with Crippen molar-refractivity contribution in [3.63, 3.8) is 0 Å². The summed E-state index contributed by atoms with van der Waals surface area (Å²) in [6.07, 6.45) is 3.11. The molecular weight excluding hydrogens is 204 g/mol. The highest BCUT2D eigenvalue weighted by molar-refractivity contribution is 7.99. The number of hydrogen-bond acceptors (Lipinski definition) is 3. The topological polar surface area (TPSA) is 38.9 Å². The summed E-state index contributed by atoms with van der Waals surface area (Å²) in [6.45, 7) is 7.18. The molecule has 0 saturated heterocycles. The van der Waals surface area contributed by atoms with Crippen LogP contribution in [0.25, 0.3) is 0 Å². The van der Waals surface area contributed by atoms with Crippen molar-refractivity contribution in [1.29, 1.82) is 0 Å². The average molecular weight is 224 g/mol. The van der Waals surface area contributed by atoms with Crippen molar-refractivity contribution in [2.24, 2.45) is 11.7 Å². The summed E-state index contributed by atoms with van der Waals surface area (Å²) in [5.74, 6) is 1.90. The Hall–Kier alpha value is -0.540. The van der Waals surface area contributed by atoms with E-state index >= 15 is 0 Å². The maximum Gasteiger partial charge on any atom is 0.0989 e.